The topological polar surface area (TPSA) is 98.1 Å². The molecule has 1 heterocycles. The summed E-state index contributed by atoms with van der Waals surface area (Å²) in [6.45, 7) is 0. The molecule has 0 atom stereocenters. The van der Waals surface area contributed by atoms with Gasteiger partial charge in [-0.1, -0.05) is 12.1 Å². The second-order valence-electron chi connectivity index (χ2n) is 6.49. The van der Waals surface area contributed by atoms with Crippen molar-refractivity contribution in [3.05, 3.63) is 92.8 Å². The van der Waals surface area contributed by atoms with Gasteiger partial charge in [0.1, 0.15) is 17.3 Å². The van der Waals surface area contributed by atoms with Crippen molar-refractivity contribution >= 4 is 16.6 Å². The van der Waals surface area contributed by atoms with Crippen molar-refractivity contribution in [2.75, 3.05) is 0 Å². The fraction of sp³-hybridized carbons (Fsp3) is 0.0476. The summed E-state index contributed by atoms with van der Waals surface area (Å²) in [6.07, 6.45) is -4.49. The van der Waals surface area contributed by atoms with E-state index in [0.29, 0.717) is 10.9 Å². The molecule has 31 heavy (non-hydrogen) atoms. The molecule has 7 nitrogen and oxygen atoms in total. The second kappa shape index (κ2) is 7.56. The quantitative estimate of drug-likeness (QED) is 0.352. The van der Waals surface area contributed by atoms with Crippen LogP contribution in [0.5, 0.6) is 11.5 Å². The van der Waals surface area contributed by atoms with Gasteiger partial charge >= 0.3 is 6.18 Å². The highest BCUT2D eigenvalue weighted by Crippen LogP contribution is 2.36. The number of aromatic amines is 1. The maximum absolute atomic E-state index is 12.8. The van der Waals surface area contributed by atoms with Crippen molar-refractivity contribution < 1.29 is 22.8 Å². The zero-order valence-corrected chi connectivity index (χ0v) is 15.5. The third kappa shape index (κ3) is 4.08. The lowest BCUT2D eigenvalue weighted by Gasteiger charge is -2.12. The van der Waals surface area contributed by atoms with Crippen molar-refractivity contribution in [2.45, 2.75) is 6.18 Å². The molecule has 0 aliphatic heterocycles. The Labute approximate surface area is 171 Å². The lowest BCUT2D eigenvalue weighted by molar-refractivity contribution is -0.384. The van der Waals surface area contributed by atoms with Gasteiger partial charge in [0.05, 0.1) is 27.0 Å². The van der Waals surface area contributed by atoms with Gasteiger partial charge < -0.3 is 9.72 Å². The van der Waals surface area contributed by atoms with E-state index in [4.69, 9.17) is 4.74 Å². The van der Waals surface area contributed by atoms with E-state index in [2.05, 4.69) is 9.97 Å². The number of non-ortho nitro benzene ring substituents is 1. The van der Waals surface area contributed by atoms with E-state index in [-0.39, 0.29) is 28.6 Å². The molecule has 0 saturated heterocycles. The fourth-order valence-electron chi connectivity index (χ4n) is 2.96. The van der Waals surface area contributed by atoms with Crippen LogP contribution in [-0.4, -0.2) is 14.9 Å². The summed E-state index contributed by atoms with van der Waals surface area (Å²) in [5, 5.41) is 11.6. The van der Waals surface area contributed by atoms with Gasteiger partial charge in [-0.2, -0.15) is 13.2 Å². The van der Waals surface area contributed by atoms with E-state index < -0.39 is 22.2 Å². The normalized spacial score (nSPS) is 11.5. The van der Waals surface area contributed by atoms with Crippen LogP contribution in [0.2, 0.25) is 0 Å². The summed E-state index contributed by atoms with van der Waals surface area (Å²) in [5.74, 6) is 0.171. The molecule has 3 aromatic carbocycles. The second-order valence-corrected chi connectivity index (χ2v) is 6.49. The van der Waals surface area contributed by atoms with Gasteiger partial charge in [0.15, 0.2) is 0 Å². The monoisotopic (exact) mass is 427 g/mol. The highest BCUT2D eigenvalue weighted by molar-refractivity contribution is 5.80. The predicted octanol–water partition coefficient (Wildman–Crippen LogP) is 5.31. The molecule has 0 amide bonds. The molecule has 0 spiro atoms. The average Bonchev–Trinajstić information content (AvgIpc) is 2.73. The van der Waals surface area contributed by atoms with Crippen LogP contribution in [-0.2, 0) is 6.18 Å². The minimum Gasteiger partial charge on any atom is -0.457 e. The van der Waals surface area contributed by atoms with Gasteiger partial charge in [-0.15, -0.1) is 0 Å². The van der Waals surface area contributed by atoms with Crippen molar-refractivity contribution in [1.82, 2.24) is 9.97 Å². The van der Waals surface area contributed by atoms with Gasteiger partial charge in [0.2, 0.25) is 0 Å². The highest BCUT2D eigenvalue weighted by Gasteiger charge is 2.30. The number of benzene rings is 3. The number of halogens is 3. The maximum atomic E-state index is 12.8. The maximum Gasteiger partial charge on any atom is 0.416 e. The van der Waals surface area contributed by atoms with Gasteiger partial charge in [-0.3, -0.25) is 14.9 Å². The summed E-state index contributed by atoms with van der Waals surface area (Å²) in [4.78, 5) is 29.9. The largest absolute Gasteiger partial charge is 0.457 e. The predicted molar refractivity (Wildman–Crippen MR) is 106 cm³/mol. The molecule has 0 fully saturated rings. The lowest BCUT2D eigenvalue weighted by atomic mass is 10.1. The van der Waals surface area contributed by atoms with Crippen LogP contribution in [0.3, 0.4) is 0 Å². The Balaban J connectivity index is 1.81. The summed E-state index contributed by atoms with van der Waals surface area (Å²) >= 11 is 0. The smallest absolute Gasteiger partial charge is 0.416 e. The van der Waals surface area contributed by atoms with E-state index in [0.717, 1.165) is 24.3 Å². The highest BCUT2D eigenvalue weighted by atomic mass is 19.4. The molecule has 1 aromatic heterocycles. The Morgan fingerprint density at radius 2 is 1.71 bits per heavy atom. The van der Waals surface area contributed by atoms with Crippen LogP contribution in [0, 0.1) is 10.1 Å². The first-order chi connectivity index (χ1) is 14.7. The zero-order chi connectivity index (χ0) is 22.2. The number of nitrogens with zero attached hydrogens (tertiary/aromatic N) is 2. The van der Waals surface area contributed by atoms with Crippen molar-refractivity contribution in [3.63, 3.8) is 0 Å². The summed E-state index contributed by atoms with van der Waals surface area (Å²) in [5.41, 5.74) is -1.09. The van der Waals surface area contributed by atoms with Crippen LogP contribution in [0.1, 0.15) is 5.56 Å². The van der Waals surface area contributed by atoms with Gasteiger partial charge in [0.25, 0.3) is 11.2 Å². The summed E-state index contributed by atoms with van der Waals surface area (Å²) in [6, 6.07) is 14.2. The molecule has 0 aliphatic rings. The molecular weight excluding hydrogens is 415 g/mol. The molecule has 10 heteroatoms. The van der Waals surface area contributed by atoms with Gasteiger partial charge in [-0.25, -0.2) is 4.98 Å². The van der Waals surface area contributed by atoms with Gasteiger partial charge in [-0.05, 0) is 42.5 Å². The first-order valence-corrected chi connectivity index (χ1v) is 8.85. The average molecular weight is 427 g/mol. The number of alkyl halides is 3. The number of para-hydroxylation sites is 1. The van der Waals surface area contributed by atoms with Crippen LogP contribution in [0.4, 0.5) is 18.9 Å². The number of hydrogen-bond acceptors (Lipinski definition) is 5. The zero-order valence-electron chi connectivity index (χ0n) is 15.5. The van der Waals surface area contributed by atoms with E-state index in [1.54, 1.807) is 24.3 Å². The summed E-state index contributed by atoms with van der Waals surface area (Å²) < 4.78 is 44.0. The van der Waals surface area contributed by atoms with Crippen molar-refractivity contribution in [2.24, 2.45) is 0 Å². The molecule has 4 rings (SSSR count). The lowest BCUT2D eigenvalue weighted by Crippen LogP contribution is -2.10. The number of fused-ring (bicyclic) bond motifs is 1. The Morgan fingerprint density at radius 1 is 1.00 bits per heavy atom. The minimum absolute atomic E-state index is 0.0225. The first kappa shape index (κ1) is 20.1. The first-order valence-electron chi connectivity index (χ1n) is 8.85. The fourth-order valence-corrected chi connectivity index (χ4v) is 2.96. The molecule has 0 bridgehead atoms. The standard InChI is InChI=1S/C21H12F3N3O4/c22-21(23,24)12-5-8-14(9-6-12)31-18-10-7-13(27(29)30)11-16(18)19-25-17-4-2-1-3-15(17)20(28)26-19/h1-11H,(H,25,26,28). The number of hydrogen-bond donors (Lipinski definition) is 1. The number of H-pyrrole nitrogens is 1. The number of rotatable bonds is 4. The van der Waals surface area contributed by atoms with E-state index in [1.807, 2.05) is 0 Å². The molecule has 0 radical (unpaired) electrons. The molecule has 156 valence electrons. The minimum atomic E-state index is -4.49. The molecule has 0 aliphatic carbocycles. The Hall–Kier alpha value is -4.21. The van der Waals surface area contributed by atoms with E-state index in [1.165, 1.54) is 18.2 Å². The number of nitro benzene ring substituents is 1. The number of aromatic nitrogens is 2. The number of nitrogens with one attached hydrogen (secondary N) is 1. The molecule has 4 aromatic rings. The van der Waals surface area contributed by atoms with Crippen LogP contribution >= 0.6 is 0 Å². The van der Waals surface area contributed by atoms with Crippen LogP contribution < -0.4 is 10.3 Å². The SMILES string of the molecule is O=c1[nH]c(-c2cc([N+](=O)[O-])ccc2Oc2ccc(C(F)(F)F)cc2)nc2ccccc12. The van der Waals surface area contributed by atoms with Crippen molar-refractivity contribution in [3.8, 4) is 22.9 Å². The van der Waals surface area contributed by atoms with Gasteiger partial charge in [0, 0.05) is 12.1 Å². The molecule has 1 N–H and O–H groups in total. The Morgan fingerprint density at radius 3 is 2.39 bits per heavy atom. The molecule has 0 unspecified atom stereocenters. The molecule has 0 saturated carbocycles. The van der Waals surface area contributed by atoms with Crippen LogP contribution in [0.15, 0.2) is 71.5 Å². The van der Waals surface area contributed by atoms with E-state index in [9.17, 15) is 28.1 Å². The van der Waals surface area contributed by atoms with E-state index >= 15 is 0 Å². The number of ether oxygens (including phenoxy) is 1. The summed E-state index contributed by atoms with van der Waals surface area (Å²) in [7, 11) is 0. The van der Waals surface area contributed by atoms with Crippen molar-refractivity contribution in [1.29, 1.82) is 0 Å². The Bertz CT molecular complexity index is 1350. The van der Waals surface area contributed by atoms with Crippen LogP contribution in [0.25, 0.3) is 22.3 Å². The Kier molecular flexibility index (Phi) is 4.90. The molecular formula is C21H12F3N3O4. The third-order valence-corrected chi connectivity index (χ3v) is 4.45. The number of nitro groups is 1. The third-order valence-electron chi connectivity index (χ3n) is 4.45.